The Morgan fingerprint density at radius 1 is 1.29 bits per heavy atom. The number of benzene rings is 1. The first-order valence-electron chi connectivity index (χ1n) is 5.83. The average Bonchev–Trinajstić information content (AvgIpc) is 2.37. The van der Waals surface area contributed by atoms with E-state index in [1.807, 2.05) is 24.3 Å². The molecule has 2 nitrogen and oxygen atoms in total. The van der Waals surface area contributed by atoms with Gasteiger partial charge in [-0.2, -0.15) is 0 Å². The van der Waals surface area contributed by atoms with E-state index < -0.39 is 0 Å². The van der Waals surface area contributed by atoms with Crippen LogP contribution >= 0.6 is 0 Å². The lowest BCUT2D eigenvalue weighted by Crippen LogP contribution is -2.01. The molecule has 1 aromatic rings. The highest BCUT2D eigenvalue weighted by molar-refractivity contribution is 5.87. The van der Waals surface area contributed by atoms with Gasteiger partial charge in [-0.1, -0.05) is 50.3 Å². The fourth-order valence-corrected chi connectivity index (χ4v) is 1.27. The zero-order valence-electron chi connectivity index (χ0n) is 10.2. The molecule has 90 valence electrons. The molecule has 0 aromatic heterocycles. The number of hydrogen-bond donors (Lipinski definition) is 0. The number of hydrogen-bond acceptors (Lipinski definition) is 2. The molecule has 0 saturated carbocycles. The van der Waals surface area contributed by atoms with Gasteiger partial charge in [0.15, 0.2) is 0 Å². The zero-order chi connectivity index (χ0) is 12.5. The van der Waals surface area contributed by atoms with E-state index >= 15 is 0 Å². The Hall–Kier alpha value is -1.83. The van der Waals surface area contributed by atoms with Gasteiger partial charge in [-0.25, -0.2) is 4.79 Å². The Morgan fingerprint density at radius 2 is 1.94 bits per heavy atom. The summed E-state index contributed by atoms with van der Waals surface area (Å²) in [6, 6.07) is 7.78. The topological polar surface area (TPSA) is 26.3 Å². The first-order chi connectivity index (χ1) is 8.26. The summed E-state index contributed by atoms with van der Waals surface area (Å²) in [7, 11) is 0. The second kappa shape index (κ2) is 7.44. The maximum atomic E-state index is 11.3. The molecule has 1 rings (SSSR count). The van der Waals surface area contributed by atoms with Crippen molar-refractivity contribution in [2.75, 3.05) is 6.61 Å². The maximum Gasteiger partial charge on any atom is 0.330 e. The van der Waals surface area contributed by atoms with Crippen molar-refractivity contribution >= 4 is 18.1 Å². The first kappa shape index (κ1) is 13.2. The van der Waals surface area contributed by atoms with E-state index in [2.05, 4.69) is 13.5 Å². The standard InChI is InChI=1S/C15H18O2/c1-3-5-12-17-15(16)11-10-14-8-6-13(4-2)7-9-14/h4,6-11H,2-3,5,12H2,1H3/b11-10+. The summed E-state index contributed by atoms with van der Waals surface area (Å²) in [6.45, 7) is 6.24. The summed E-state index contributed by atoms with van der Waals surface area (Å²) in [5, 5.41) is 0. The van der Waals surface area contributed by atoms with Crippen LogP contribution in [0.25, 0.3) is 12.2 Å². The Kier molecular flexibility index (Phi) is 5.80. The van der Waals surface area contributed by atoms with Crippen molar-refractivity contribution in [2.45, 2.75) is 19.8 Å². The Labute approximate surface area is 103 Å². The number of unbranched alkanes of at least 4 members (excludes halogenated alkanes) is 1. The van der Waals surface area contributed by atoms with E-state index in [1.54, 1.807) is 12.2 Å². The molecule has 0 bridgehead atoms. The molecule has 0 saturated heterocycles. The molecule has 0 aliphatic heterocycles. The second-order valence-electron chi connectivity index (χ2n) is 3.73. The van der Waals surface area contributed by atoms with Crippen LogP contribution in [0.4, 0.5) is 0 Å². The third-order valence-electron chi connectivity index (χ3n) is 2.33. The summed E-state index contributed by atoms with van der Waals surface area (Å²) in [5.41, 5.74) is 2.04. The van der Waals surface area contributed by atoms with Crippen molar-refractivity contribution in [1.29, 1.82) is 0 Å². The minimum absolute atomic E-state index is 0.286. The van der Waals surface area contributed by atoms with Gasteiger partial charge in [0.05, 0.1) is 6.61 Å². The van der Waals surface area contributed by atoms with Crippen molar-refractivity contribution in [3.8, 4) is 0 Å². The molecule has 0 fully saturated rings. The minimum Gasteiger partial charge on any atom is -0.463 e. The monoisotopic (exact) mass is 230 g/mol. The molecule has 1 aromatic carbocycles. The Bertz CT molecular complexity index is 388. The van der Waals surface area contributed by atoms with Gasteiger partial charge in [-0.05, 0) is 23.6 Å². The van der Waals surface area contributed by atoms with Crippen LogP contribution in [0, 0.1) is 0 Å². The molecule has 17 heavy (non-hydrogen) atoms. The van der Waals surface area contributed by atoms with Gasteiger partial charge in [0, 0.05) is 6.08 Å². The van der Waals surface area contributed by atoms with E-state index in [9.17, 15) is 4.79 Å². The Morgan fingerprint density at radius 3 is 2.53 bits per heavy atom. The van der Waals surface area contributed by atoms with Crippen LogP contribution in [0.1, 0.15) is 30.9 Å². The van der Waals surface area contributed by atoms with Crippen LogP contribution in [-0.2, 0) is 9.53 Å². The molecular weight excluding hydrogens is 212 g/mol. The fraction of sp³-hybridized carbons (Fsp3) is 0.267. The van der Waals surface area contributed by atoms with E-state index in [-0.39, 0.29) is 5.97 Å². The summed E-state index contributed by atoms with van der Waals surface area (Å²) < 4.78 is 5.01. The zero-order valence-corrected chi connectivity index (χ0v) is 10.2. The molecule has 0 amide bonds. The van der Waals surface area contributed by atoms with Crippen molar-refractivity contribution in [1.82, 2.24) is 0 Å². The highest BCUT2D eigenvalue weighted by atomic mass is 16.5. The highest BCUT2D eigenvalue weighted by Gasteiger charge is 1.95. The lowest BCUT2D eigenvalue weighted by molar-refractivity contribution is -0.137. The summed E-state index contributed by atoms with van der Waals surface area (Å²) in [5.74, 6) is -0.286. The van der Waals surface area contributed by atoms with Gasteiger partial charge in [-0.3, -0.25) is 0 Å². The van der Waals surface area contributed by atoms with Crippen LogP contribution in [0.15, 0.2) is 36.9 Å². The van der Waals surface area contributed by atoms with E-state index in [1.165, 1.54) is 6.08 Å². The van der Waals surface area contributed by atoms with Crippen molar-refractivity contribution in [2.24, 2.45) is 0 Å². The Balaban J connectivity index is 2.46. The highest BCUT2D eigenvalue weighted by Crippen LogP contribution is 2.07. The maximum absolute atomic E-state index is 11.3. The van der Waals surface area contributed by atoms with Gasteiger partial charge in [0.1, 0.15) is 0 Å². The van der Waals surface area contributed by atoms with Crippen LogP contribution in [0.5, 0.6) is 0 Å². The molecule has 0 spiro atoms. The molecule has 2 heteroatoms. The minimum atomic E-state index is -0.286. The quantitative estimate of drug-likeness (QED) is 0.423. The normalized spacial score (nSPS) is 10.4. The number of rotatable bonds is 6. The van der Waals surface area contributed by atoms with E-state index in [4.69, 9.17) is 4.74 Å². The lowest BCUT2D eigenvalue weighted by Gasteiger charge is -1.99. The summed E-state index contributed by atoms with van der Waals surface area (Å²) in [4.78, 5) is 11.3. The van der Waals surface area contributed by atoms with Crippen molar-refractivity contribution in [3.63, 3.8) is 0 Å². The van der Waals surface area contributed by atoms with Crippen LogP contribution in [-0.4, -0.2) is 12.6 Å². The summed E-state index contributed by atoms with van der Waals surface area (Å²) >= 11 is 0. The smallest absolute Gasteiger partial charge is 0.330 e. The van der Waals surface area contributed by atoms with E-state index in [0.29, 0.717) is 6.61 Å². The predicted octanol–water partition coefficient (Wildman–Crippen LogP) is 3.69. The van der Waals surface area contributed by atoms with Gasteiger partial charge in [-0.15, -0.1) is 0 Å². The third kappa shape index (κ3) is 5.16. The van der Waals surface area contributed by atoms with Gasteiger partial charge < -0.3 is 4.74 Å². The largest absolute Gasteiger partial charge is 0.463 e. The summed E-state index contributed by atoms with van der Waals surface area (Å²) in [6.07, 6.45) is 6.93. The molecule has 0 aliphatic carbocycles. The molecule has 0 aliphatic rings. The van der Waals surface area contributed by atoms with Gasteiger partial charge in [0.25, 0.3) is 0 Å². The van der Waals surface area contributed by atoms with Crippen molar-refractivity contribution < 1.29 is 9.53 Å². The second-order valence-corrected chi connectivity index (χ2v) is 3.73. The molecule has 0 N–H and O–H groups in total. The third-order valence-corrected chi connectivity index (χ3v) is 2.33. The van der Waals surface area contributed by atoms with Crippen LogP contribution in [0.3, 0.4) is 0 Å². The average molecular weight is 230 g/mol. The molecule has 0 unspecified atom stereocenters. The predicted molar refractivity (Wildman–Crippen MR) is 71.4 cm³/mol. The molecule has 0 radical (unpaired) electrons. The number of carbonyl (C=O) groups excluding carboxylic acids is 1. The number of carbonyl (C=O) groups is 1. The molecular formula is C15H18O2. The number of ether oxygens (including phenoxy) is 1. The van der Waals surface area contributed by atoms with Gasteiger partial charge in [0.2, 0.25) is 0 Å². The first-order valence-corrected chi connectivity index (χ1v) is 5.83. The van der Waals surface area contributed by atoms with Crippen LogP contribution in [0.2, 0.25) is 0 Å². The molecule has 0 atom stereocenters. The SMILES string of the molecule is C=Cc1ccc(/C=C/C(=O)OCCCC)cc1. The van der Waals surface area contributed by atoms with E-state index in [0.717, 1.165) is 24.0 Å². The lowest BCUT2D eigenvalue weighted by atomic mass is 10.1. The van der Waals surface area contributed by atoms with Crippen LogP contribution < -0.4 is 0 Å². The van der Waals surface area contributed by atoms with Crippen molar-refractivity contribution in [3.05, 3.63) is 48.0 Å². The van der Waals surface area contributed by atoms with Gasteiger partial charge >= 0.3 is 5.97 Å². The number of esters is 1. The molecule has 0 heterocycles. The fourth-order valence-electron chi connectivity index (χ4n) is 1.27.